The molecule has 0 aliphatic rings. The summed E-state index contributed by atoms with van der Waals surface area (Å²) < 4.78 is 5.05. The van der Waals surface area contributed by atoms with Crippen LogP contribution < -0.4 is 20.8 Å². The fourth-order valence-electron chi connectivity index (χ4n) is 2.68. The number of para-hydroxylation sites is 1. The third-order valence-electron chi connectivity index (χ3n) is 4.33. The average molecular weight is 467 g/mol. The van der Waals surface area contributed by atoms with E-state index in [0.717, 1.165) is 6.21 Å². The molecule has 0 aliphatic carbocycles. The first kappa shape index (κ1) is 23.3. The van der Waals surface area contributed by atoms with Gasteiger partial charge in [0.1, 0.15) is 11.5 Å². The molecule has 0 atom stereocenters. The van der Waals surface area contributed by atoms with Gasteiger partial charge in [-0.1, -0.05) is 23.7 Å². The van der Waals surface area contributed by atoms with Crippen molar-refractivity contribution in [1.29, 1.82) is 0 Å². The number of nitrogens with one attached hydrogen (secondary N) is 3. The highest BCUT2D eigenvalue weighted by molar-refractivity contribution is 6.40. The SMILES string of the molecule is COc1ccc(O)c(/C=N\NC(=O)C(=O)Nc2ccccc2C(=O)Nc2ccc(Cl)cc2)c1. The van der Waals surface area contributed by atoms with Crippen molar-refractivity contribution in [2.75, 3.05) is 17.7 Å². The number of carbonyl (C=O) groups excluding carboxylic acids is 3. The molecule has 0 heterocycles. The molecule has 0 unspecified atom stereocenters. The highest BCUT2D eigenvalue weighted by Crippen LogP contribution is 2.21. The van der Waals surface area contributed by atoms with Crippen LogP contribution in [0.15, 0.2) is 71.8 Å². The van der Waals surface area contributed by atoms with Crippen LogP contribution in [0.4, 0.5) is 11.4 Å². The molecule has 3 rings (SSSR count). The molecule has 10 heteroatoms. The van der Waals surface area contributed by atoms with Gasteiger partial charge < -0.3 is 20.5 Å². The quantitative estimate of drug-likeness (QED) is 0.251. The molecular weight excluding hydrogens is 448 g/mol. The lowest BCUT2D eigenvalue weighted by Gasteiger charge is -2.11. The number of hydrogen-bond donors (Lipinski definition) is 4. The lowest BCUT2D eigenvalue weighted by molar-refractivity contribution is -0.136. The smallest absolute Gasteiger partial charge is 0.329 e. The number of hydrogen-bond acceptors (Lipinski definition) is 6. The van der Waals surface area contributed by atoms with Crippen LogP contribution in [-0.4, -0.2) is 36.2 Å². The minimum absolute atomic E-state index is 0.0844. The summed E-state index contributed by atoms with van der Waals surface area (Å²) in [5.74, 6) is -2.19. The van der Waals surface area contributed by atoms with Crippen molar-refractivity contribution < 1.29 is 24.2 Å². The Morgan fingerprint density at radius 3 is 2.42 bits per heavy atom. The first-order valence-electron chi connectivity index (χ1n) is 9.54. The Balaban J connectivity index is 1.64. The molecule has 0 saturated heterocycles. The van der Waals surface area contributed by atoms with Gasteiger partial charge in [0.15, 0.2) is 0 Å². The Morgan fingerprint density at radius 2 is 1.70 bits per heavy atom. The molecule has 0 bridgehead atoms. The molecule has 33 heavy (non-hydrogen) atoms. The fourth-order valence-corrected chi connectivity index (χ4v) is 2.80. The van der Waals surface area contributed by atoms with E-state index in [2.05, 4.69) is 21.2 Å². The molecule has 0 fully saturated rings. The van der Waals surface area contributed by atoms with Crippen LogP contribution in [0.5, 0.6) is 11.5 Å². The summed E-state index contributed by atoms with van der Waals surface area (Å²) in [5.41, 5.74) is 3.14. The number of benzene rings is 3. The Hall–Kier alpha value is -4.37. The molecule has 0 aromatic heterocycles. The molecule has 4 N–H and O–H groups in total. The van der Waals surface area contributed by atoms with Gasteiger partial charge in [0.2, 0.25) is 0 Å². The van der Waals surface area contributed by atoms with Crippen molar-refractivity contribution in [2.45, 2.75) is 0 Å². The molecule has 9 nitrogen and oxygen atoms in total. The number of anilines is 2. The van der Waals surface area contributed by atoms with E-state index in [1.807, 2.05) is 0 Å². The van der Waals surface area contributed by atoms with E-state index >= 15 is 0 Å². The number of phenols is 1. The number of carbonyl (C=O) groups is 3. The number of ether oxygens (including phenoxy) is 1. The van der Waals surface area contributed by atoms with Crippen molar-refractivity contribution >= 4 is 46.9 Å². The van der Waals surface area contributed by atoms with Crippen molar-refractivity contribution in [1.82, 2.24) is 5.43 Å². The Kier molecular flexibility index (Phi) is 7.61. The Morgan fingerprint density at radius 1 is 0.970 bits per heavy atom. The van der Waals surface area contributed by atoms with Crippen molar-refractivity contribution in [3.05, 3.63) is 82.9 Å². The largest absolute Gasteiger partial charge is 0.507 e. The summed E-state index contributed by atoms with van der Waals surface area (Å²) >= 11 is 5.84. The number of halogens is 1. The molecular formula is C23H19ClN4O5. The standard InChI is InChI=1S/C23H19ClN4O5/c1-33-17-10-11-20(29)14(12-17)13-25-28-23(32)22(31)27-19-5-3-2-4-18(19)21(30)26-16-8-6-15(24)7-9-16/h2-13,29H,1H3,(H,26,30)(H,27,31)(H,28,32)/b25-13-. The summed E-state index contributed by atoms with van der Waals surface area (Å²) in [7, 11) is 1.47. The number of methoxy groups -OCH3 is 1. The predicted octanol–water partition coefficient (Wildman–Crippen LogP) is 3.40. The van der Waals surface area contributed by atoms with Gasteiger partial charge in [-0.3, -0.25) is 14.4 Å². The van der Waals surface area contributed by atoms with E-state index in [9.17, 15) is 19.5 Å². The Bertz CT molecular complexity index is 1210. The van der Waals surface area contributed by atoms with Gasteiger partial charge in [-0.25, -0.2) is 5.43 Å². The van der Waals surface area contributed by atoms with Crippen LogP contribution >= 0.6 is 11.6 Å². The predicted molar refractivity (Wildman–Crippen MR) is 125 cm³/mol. The maximum Gasteiger partial charge on any atom is 0.329 e. The lowest BCUT2D eigenvalue weighted by Crippen LogP contribution is -2.33. The number of aromatic hydroxyl groups is 1. The number of rotatable bonds is 6. The molecule has 0 aliphatic heterocycles. The zero-order valence-corrected chi connectivity index (χ0v) is 18.1. The fraction of sp³-hybridized carbons (Fsp3) is 0.0435. The minimum atomic E-state index is -1.07. The van der Waals surface area contributed by atoms with Crippen LogP contribution in [0.3, 0.4) is 0 Å². The third-order valence-corrected chi connectivity index (χ3v) is 4.58. The van der Waals surface area contributed by atoms with E-state index in [1.54, 1.807) is 42.5 Å². The monoisotopic (exact) mass is 466 g/mol. The van der Waals surface area contributed by atoms with Gasteiger partial charge >= 0.3 is 11.8 Å². The number of amides is 3. The van der Waals surface area contributed by atoms with Crippen LogP contribution in [0.1, 0.15) is 15.9 Å². The van der Waals surface area contributed by atoms with E-state index < -0.39 is 17.7 Å². The number of hydrazone groups is 1. The second kappa shape index (κ2) is 10.8. The molecule has 168 valence electrons. The first-order chi connectivity index (χ1) is 15.9. The molecule has 0 spiro atoms. The summed E-state index contributed by atoms with van der Waals surface area (Å²) in [6, 6.07) is 17.2. The van der Waals surface area contributed by atoms with Gasteiger partial charge in [0.05, 0.1) is 24.6 Å². The van der Waals surface area contributed by atoms with Gasteiger partial charge in [0.25, 0.3) is 5.91 Å². The van der Waals surface area contributed by atoms with Gasteiger partial charge in [-0.05, 0) is 54.6 Å². The van der Waals surface area contributed by atoms with Crippen LogP contribution in [0.2, 0.25) is 5.02 Å². The highest BCUT2D eigenvalue weighted by Gasteiger charge is 2.18. The normalized spacial score (nSPS) is 10.5. The van der Waals surface area contributed by atoms with E-state index in [1.165, 1.54) is 31.4 Å². The van der Waals surface area contributed by atoms with Crippen LogP contribution in [0, 0.1) is 0 Å². The molecule has 3 amide bonds. The molecule has 3 aromatic rings. The van der Waals surface area contributed by atoms with Gasteiger partial charge in [0, 0.05) is 16.3 Å². The zero-order chi connectivity index (χ0) is 23.8. The topological polar surface area (TPSA) is 129 Å². The summed E-state index contributed by atoms with van der Waals surface area (Å²) in [5, 5.41) is 19.1. The first-order valence-corrected chi connectivity index (χ1v) is 9.92. The van der Waals surface area contributed by atoms with Crippen molar-refractivity contribution in [3.63, 3.8) is 0 Å². The summed E-state index contributed by atoms with van der Waals surface area (Å²) in [6.45, 7) is 0. The average Bonchev–Trinajstić information content (AvgIpc) is 2.82. The second-order valence-electron chi connectivity index (χ2n) is 6.58. The third kappa shape index (κ3) is 6.31. The second-order valence-corrected chi connectivity index (χ2v) is 7.02. The molecule has 0 saturated carbocycles. The molecule has 3 aromatic carbocycles. The van der Waals surface area contributed by atoms with E-state index in [0.29, 0.717) is 16.5 Å². The van der Waals surface area contributed by atoms with Crippen molar-refractivity contribution in [2.24, 2.45) is 5.10 Å². The number of phenolic OH excluding ortho intramolecular Hbond substituents is 1. The Labute approximate surface area is 194 Å². The maximum absolute atomic E-state index is 12.6. The van der Waals surface area contributed by atoms with Crippen LogP contribution in [0.25, 0.3) is 0 Å². The zero-order valence-electron chi connectivity index (χ0n) is 17.3. The van der Waals surface area contributed by atoms with Gasteiger partial charge in [-0.15, -0.1) is 0 Å². The van der Waals surface area contributed by atoms with E-state index in [-0.39, 0.29) is 22.6 Å². The molecule has 0 radical (unpaired) electrons. The summed E-state index contributed by atoms with van der Waals surface area (Å²) in [4.78, 5) is 37.0. The lowest BCUT2D eigenvalue weighted by atomic mass is 10.1. The minimum Gasteiger partial charge on any atom is -0.507 e. The highest BCUT2D eigenvalue weighted by atomic mass is 35.5. The van der Waals surface area contributed by atoms with Gasteiger partial charge in [-0.2, -0.15) is 5.10 Å². The number of nitrogens with zero attached hydrogens (tertiary/aromatic N) is 1. The van der Waals surface area contributed by atoms with Crippen molar-refractivity contribution in [3.8, 4) is 11.5 Å². The van der Waals surface area contributed by atoms with E-state index in [4.69, 9.17) is 16.3 Å². The summed E-state index contributed by atoms with van der Waals surface area (Å²) in [6.07, 6.45) is 1.16. The maximum atomic E-state index is 12.6. The van der Waals surface area contributed by atoms with Crippen LogP contribution in [-0.2, 0) is 9.59 Å².